The third-order valence-corrected chi connectivity index (χ3v) is 1.23. The zero-order valence-electron chi connectivity index (χ0n) is 5.45. The van der Waals surface area contributed by atoms with Gasteiger partial charge in [0.2, 0.25) is 0 Å². The molecular formula is C4H5Cl3N2O2. The fourth-order valence-electron chi connectivity index (χ4n) is 0.236. The molecule has 0 spiro atoms. The van der Waals surface area contributed by atoms with Crippen molar-refractivity contribution in [2.45, 2.75) is 3.79 Å². The first-order chi connectivity index (χ1) is 4.88. The van der Waals surface area contributed by atoms with Gasteiger partial charge in [0, 0.05) is 7.05 Å². The molecule has 0 aromatic rings. The summed E-state index contributed by atoms with van der Waals surface area (Å²) in [7, 11) is 1.33. The van der Waals surface area contributed by atoms with Gasteiger partial charge in [0.25, 0.3) is 9.70 Å². The summed E-state index contributed by atoms with van der Waals surface area (Å²) in [6, 6.07) is -0.721. The molecule has 0 aromatic carbocycles. The van der Waals surface area contributed by atoms with Gasteiger partial charge in [-0.2, -0.15) is 0 Å². The second-order valence-corrected chi connectivity index (χ2v) is 3.81. The highest BCUT2D eigenvalue weighted by Gasteiger charge is 2.31. The molecule has 0 heterocycles. The van der Waals surface area contributed by atoms with Gasteiger partial charge in [-0.15, -0.1) is 0 Å². The Morgan fingerprint density at radius 2 is 1.73 bits per heavy atom. The molecule has 64 valence electrons. The van der Waals surface area contributed by atoms with Crippen molar-refractivity contribution < 1.29 is 9.59 Å². The average molecular weight is 219 g/mol. The van der Waals surface area contributed by atoms with Crippen molar-refractivity contribution in [1.82, 2.24) is 10.6 Å². The Morgan fingerprint density at radius 1 is 1.27 bits per heavy atom. The number of nitrogens with one attached hydrogen (secondary N) is 2. The van der Waals surface area contributed by atoms with E-state index in [9.17, 15) is 9.59 Å². The van der Waals surface area contributed by atoms with Crippen molar-refractivity contribution in [2.24, 2.45) is 0 Å². The van der Waals surface area contributed by atoms with Crippen LogP contribution in [0.3, 0.4) is 0 Å². The zero-order chi connectivity index (χ0) is 9.07. The van der Waals surface area contributed by atoms with E-state index in [4.69, 9.17) is 34.8 Å². The molecule has 0 unspecified atom stereocenters. The van der Waals surface area contributed by atoms with Gasteiger partial charge in [-0.05, 0) is 0 Å². The zero-order valence-corrected chi connectivity index (χ0v) is 7.72. The summed E-state index contributed by atoms with van der Waals surface area (Å²) in [6.45, 7) is 0. The molecule has 7 heteroatoms. The summed E-state index contributed by atoms with van der Waals surface area (Å²) in [5.41, 5.74) is 0. The highest BCUT2D eigenvalue weighted by molar-refractivity contribution is 6.76. The van der Waals surface area contributed by atoms with Gasteiger partial charge in [0.1, 0.15) is 0 Å². The van der Waals surface area contributed by atoms with Crippen LogP contribution in [0, 0.1) is 0 Å². The molecule has 4 nitrogen and oxygen atoms in total. The van der Waals surface area contributed by atoms with Crippen LogP contribution in [0.25, 0.3) is 0 Å². The van der Waals surface area contributed by atoms with Gasteiger partial charge in [0.05, 0.1) is 0 Å². The number of rotatable bonds is 0. The fraction of sp³-hybridized carbons (Fsp3) is 0.500. The van der Waals surface area contributed by atoms with Gasteiger partial charge in [-0.3, -0.25) is 10.1 Å². The molecule has 0 saturated heterocycles. The average Bonchev–Trinajstić information content (AvgIpc) is 1.85. The van der Waals surface area contributed by atoms with E-state index in [1.807, 2.05) is 0 Å². The van der Waals surface area contributed by atoms with E-state index < -0.39 is 15.7 Å². The van der Waals surface area contributed by atoms with Crippen molar-refractivity contribution >= 4 is 46.7 Å². The smallest absolute Gasteiger partial charge is 0.321 e. The van der Waals surface area contributed by atoms with Crippen molar-refractivity contribution in [2.75, 3.05) is 7.05 Å². The highest BCUT2D eigenvalue weighted by atomic mass is 35.6. The van der Waals surface area contributed by atoms with Crippen LogP contribution in [0.5, 0.6) is 0 Å². The molecule has 11 heavy (non-hydrogen) atoms. The third-order valence-electron chi connectivity index (χ3n) is 0.712. The van der Waals surface area contributed by atoms with E-state index in [2.05, 4.69) is 5.32 Å². The number of carbonyl (C=O) groups is 2. The van der Waals surface area contributed by atoms with Gasteiger partial charge in [-0.25, -0.2) is 4.79 Å². The van der Waals surface area contributed by atoms with Crippen LogP contribution in [0.2, 0.25) is 0 Å². The highest BCUT2D eigenvalue weighted by Crippen LogP contribution is 2.25. The lowest BCUT2D eigenvalue weighted by Crippen LogP contribution is -2.43. The molecule has 0 aliphatic rings. The van der Waals surface area contributed by atoms with E-state index in [0.29, 0.717) is 0 Å². The predicted molar refractivity (Wildman–Crippen MR) is 42.9 cm³/mol. The first kappa shape index (κ1) is 10.8. The Bertz CT molecular complexity index is 177. The van der Waals surface area contributed by atoms with Crippen molar-refractivity contribution in [1.29, 1.82) is 0 Å². The molecule has 0 fully saturated rings. The minimum absolute atomic E-state index is 0.721. The Kier molecular flexibility index (Phi) is 3.92. The molecule has 2 N–H and O–H groups in total. The second kappa shape index (κ2) is 3.99. The number of imide groups is 1. The summed E-state index contributed by atoms with van der Waals surface area (Å²) in [4.78, 5) is 21.1. The minimum Gasteiger partial charge on any atom is -0.341 e. The number of urea groups is 1. The minimum atomic E-state index is -2.10. The molecule has 0 saturated carbocycles. The summed E-state index contributed by atoms with van der Waals surface area (Å²) in [6.07, 6.45) is 0. The SMILES string of the molecule is CNC(=O)NC(=O)C(Cl)(Cl)Cl. The monoisotopic (exact) mass is 218 g/mol. The molecule has 0 bridgehead atoms. The van der Waals surface area contributed by atoms with Gasteiger partial charge >= 0.3 is 6.03 Å². The van der Waals surface area contributed by atoms with E-state index >= 15 is 0 Å². The predicted octanol–water partition coefficient (Wildman–Crippen LogP) is 0.812. The standard InChI is InChI=1S/C4H5Cl3N2O2/c1-8-3(11)9-2(10)4(5,6)7/h1H3,(H2,8,9,10,11). The topological polar surface area (TPSA) is 58.2 Å². The van der Waals surface area contributed by atoms with Gasteiger partial charge in [-0.1, -0.05) is 34.8 Å². The molecule has 0 aliphatic carbocycles. The Labute approximate surface area is 78.2 Å². The summed E-state index contributed by atoms with van der Waals surface area (Å²) in [5.74, 6) is -0.984. The van der Waals surface area contributed by atoms with E-state index in [1.54, 1.807) is 5.32 Å². The van der Waals surface area contributed by atoms with E-state index in [1.165, 1.54) is 7.05 Å². The molecule has 0 rings (SSSR count). The molecule has 0 atom stereocenters. The van der Waals surface area contributed by atoms with E-state index in [0.717, 1.165) is 0 Å². The molecule has 3 amide bonds. The number of hydrogen-bond donors (Lipinski definition) is 2. The normalized spacial score (nSPS) is 10.5. The lowest BCUT2D eigenvalue weighted by molar-refractivity contribution is -0.119. The Hall–Kier alpha value is -0.190. The number of hydrogen-bond acceptors (Lipinski definition) is 2. The van der Waals surface area contributed by atoms with Crippen molar-refractivity contribution in [3.63, 3.8) is 0 Å². The Morgan fingerprint density at radius 3 is 2.00 bits per heavy atom. The molecule has 0 aliphatic heterocycles. The van der Waals surface area contributed by atoms with Crippen LogP contribution >= 0.6 is 34.8 Å². The summed E-state index contributed by atoms with van der Waals surface area (Å²) >= 11 is 15.4. The van der Waals surface area contributed by atoms with Crippen LogP contribution in [0.4, 0.5) is 4.79 Å². The van der Waals surface area contributed by atoms with Crippen LogP contribution in [0.1, 0.15) is 0 Å². The first-order valence-corrected chi connectivity index (χ1v) is 3.61. The van der Waals surface area contributed by atoms with Crippen LogP contribution in [-0.2, 0) is 4.79 Å². The van der Waals surface area contributed by atoms with Crippen molar-refractivity contribution in [3.05, 3.63) is 0 Å². The number of amides is 3. The number of alkyl halides is 3. The van der Waals surface area contributed by atoms with Gasteiger partial charge < -0.3 is 5.32 Å². The summed E-state index contributed by atoms with van der Waals surface area (Å²) < 4.78 is -2.10. The maximum atomic E-state index is 10.7. The fourth-order valence-corrected chi connectivity index (χ4v) is 0.378. The third kappa shape index (κ3) is 4.29. The molecule has 0 radical (unpaired) electrons. The molecular weight excluding hydrogens is 214 g/mol. The van der Waals surface area contributed by atoms with Crippen LogP contribution < -0.4 is 10.6 Å². The second-order valence-electron chi connectivity index (χ2n) is 1.53. The van der Waals surface area contributed by atoms with Crippen molar-refractivity contribution in [3.8, 4) is 0 Å². The Balaban J connectivity index is 3.99. The first-order valence-electron chi connectivity index (χ1n) is 2.48. The van der Waals surface area contributed by atoms with Gasteiger partial charge in [0.15, 0.2) is 0 Å². The lowest BCUT2D eigenvalue weighted by atomic mass is 10.7. The summed E-state index contributed by atoms with van der Waals surface area (Å²) in [5, 5.41) is 3.91. The quantitative estimate of drug-likeness (QED) is 0.593. The number of halogens is 3. The maximum absolute atomic E-state index is 10.7. The van der Waals surface area contributed by atoms with E-state index in [-0.39, 0.29) is 0 Å². The lowest BCUT2D eigenvalue weighted by Gasteiger charge is -2.09. The molecule has 0 aromatic heterocycles. The number of carbonyl (C=O) groups excluding carboxylic acids is 2. The largest absolute Gasteiger partial charge is 0.341 e. The van der Waals surface area contributed by atoms with Crippen LogP contribution in [-0.4, -0.2) is 22.8 Å². The maximum Gasteiger partial charge on any atom is 0.321 e. The van der Waals surface area contributed by atoms with Crippen LogP contribution in [0.15, 0.2) is 0 Å².